The lowest BCUT2D eigenvalue weighted by Gasteiger charge is -2.06. The van der Waals surface area contributed by atoms with Crippen LogP contribution in [0.3, 0.4) is 0 Å². The number of anilines is 1. The van der Waals surface area contributed by atoms with Crippen LogP contribution in [0.25, 0.3) is 5.69 Å². The summed E-state index contributed by atoms with van der Waals surface area (Å²) in [4.78, 5) is 0. The Bertz CT molecular complexity index is 463. The van der Waals surface area contributed by atoms with E-state index in [1.807, 2.05) is 19.9 Å². The zero-order chi connectivity index (χ0) is 11.0. The van der Waals surface area contributed by atoms with Crippen molar-refractivity contribution in [2.24, 2.45) is 0 Å². The third-order valence-electron chi connectivity index (χ3n) is 2.35. The van der Waals surface area contributed by atoms with E-state index in [1.165, 1.54) is 10.7 Å². The molecule has 78 valence electrons. The Balaban J connectivity index is 2.63. The van der Waals surface area contributed by atoms with Crippen LogP contribution in [0.1, 0.15) is 11.1 Å². The fourth-order valence-electron chi connectivity index (χ4n) is 1.50. The smallest absolute Gasteiger partial charge is 0.149 e. The average Bonchev–Trinajstić information content (AvgIpc) is 2.46. The van der Waals surface area contributed by atoms with Crippen LogP contribution < -0.4 is 5.73 Å². The van der Waals surface area contributed by atoms with Crippen molar-refractivity contribution in [3.05, 3.63) is 41.3 Å². The second kappa shape index (κ2) is 3.38. The molecule has 0 saturated heterocycles. The molecule has 15 heavy (non-hydrogen) atoms. The Kier molecular flexibility index (Phi) is 2.19. The van der Waals surface area contributed by atoms with Crippen LogP contribution in [-0.2, 0) is 0 Å². The van der Waals surface area contributed by atoms with Crippen molar-refractivity contribution in [2.45, 2.75) is 13.8 Å². The molecule has 3 nitrogen and oxygen atoms in total. The lowest BCUT2D eigenvalue weighted by molar-refractivity contribution is 0.609. The number of aromatic nitrogens is 2. The first kappa shape index (κ1) is 9.71. The van der Waals surface area contributed by atoms with Gasteiger partial charge in [-0.1, -0.05) is 12.1 Å². The number of nitrogen functional groups attached to an aromatic ring is 1. The van der Waals surface area contributed by atoms with Gasteiger partial charge in [0.2, 0.25) is 0 Å². The Labute approximate surface area is 87.3 Å². The van der Waals surface area contributed by atoms with Crippen molar-refractivity contribution in [3.63, 3.8) is 0 Å². The van der Waals surface area contributed by atoms with Crippen molar-refractivity contribution in [1.29, 1.82) is 0 Å². The molecule has 0 fully saturated rings. The van der Waals surface area contributed by atoms with Crippen LogP contribution in [0.4, 0.5) is 10.2 Å². The Hall–Kier alpha value is -1.84. The molecular formula is C11H12FN3. The molecule has 2 rings (SSSR count). The van der Waals surface area contributed by atoms with Crippen LogP contribution in [0.15, 0.2) is 24.4 Å². The van der Waals surface area contributed by atoms with Crippen LogP contribution in [-0.4, -0.2) is 9.78 Å². The standard InChI is InChI=1S/C11H12FN3/c1-7-4-3-5-9(12)10(7)15-6-8(2)11(13)14-15/h3-6H,1-2H3,(H2,13,14). The summed E-state index contributed by atoms with van der Waals surface area (Å²) in [5.41, 5.74) is 7.76. The van der Waals surface area contributed by atoms with Gasteiger partial charge in [-0.15, -0.1) is 0 Å². The molecule has 0 atom stereocenters. The maximum Gasteiger partial charge on any atom is 0.149 e. The van der Waals surface area contributed by atoms with Gasteiger partial charge < -0.3 is 5.73 Å². The minimum absolute atomic E-state index is 0.294. The Morgan fingerprint density at radius 1 is 1.27 bits per heavy atom. The van der Waals surface area contributed by atoms with E-state index in [9.17, 15) is 4.39 Å². The number of nitrogens with two attached hydrogens (primary N) is 1. The molecule has 0 unspecified atom stereocenters. The van der Waals surface area contributed by atoms with Gasteiger partial charge in [0.05, 0.1) is 0 Å². The quantitative estimate of drug-likeness (QED) is 0.775. The first-order chi connectivity index (χ1) is 7.09. The summed E-state index contributed by atoms with van der Waals surface area (Å²) >= 11 is 0. The molecule has 0 spiro atoms. The minimum atomic E-state index is -0.294. The van der Waals surface area contributed by atoms with Crippen molar-refractivity contribution in [2.75, 3.05) is 5.73 Å². The number of benzene rings is 1. The van der Waals surface area contributed by atoms with Crippen LogP contribution in [0, 0.1) is 19.7 Å². The summed E-state index contributed by atoms with van der Waals surface area (Å²) in [5.74, 6) is 0.134. The monoisotopic (exact) mass is 205 g/mol. The highest BCUT2D eigenvalue weighted by Gasteiger charge is 2.10. The number of halogens is 1. The van der Waals surface area contributed by atoms with Gasteiger partial charge in [-0.3, -0.25) is 0 Å². The number of aryl methyl sites for hydroxylation is 2. The van der Waals surface area contributed by atoms with Gasteiger partial charge in [-0.05, 0) is 25.5 Å². The molecule has 0 saturated carbocycles. The topological polar surface area (TPSA) is 43.8 Å². The summed E-state index contributed by atoms with van der Waals surface area (Å²) in [6.45, 7) is 3.68. The number of para-hydroxylation sites is 1. The van der Waals surface area contributed by atoms with Gasteiger partial charge in [0.15, 0.2) is 0 Å². The SMILES string of the molecule is Cc1cn(-c2c(C)cccc2F)nc1N. The predicted molar refractivity (Wildman–Crippen MR) is 57.4 cm³/mol. The van der Waals surface area contributed by atoms with Gasteiger partial charge in [0, 0.05) is 11.8 Å². The van der Waals surface area contributed by atoms with Gasteiger partial charge in [-0.2, -0.15) is 5.10 Å². The first-order valence-electron chi connectivity index (χ1n) is 4.67. The number of nitrogens with zero attached hydrogens (tertiary/aromatic N) is 2. The molecule has 0 radical (unpaired) electrons. The predicted octanol–water partition coefficient (Wildman–Crippen LogP) is 2.21. The van der Waals surface area contributed by atoms with E-state index in [4.69, 9.17) is 5.73 Å². The van der Waals surface area contributed by atoms with Crippen LogP contribution in [0.2, 0.25) is 0 Å². The van der Waals surface area contributed by atoms with E-state index in [0.717, 1.165) is 11.1 Å². The highest BCUT2D eigenvalue weighted by molar-refractivity contribution is 5.45. The molecule has 1 aromatic carbocycles. The highest BCUT2D eigenvalue weighted by Crippen LogP contribution is 2.19. The number of hydrogen-bond acceptors (Lipinski definition) is 2. The van der Waals surface area contributed by atoms with Crippen LogP contribution >= 0.6 is 0 Å². The summed E-state index contributed by atoms with van der Waals surface area (Å²) in [7, 11) is 0. The summed E-state index contributed by atoms with van der Waals surface area (Å²) in [6.07, 6.45) is 1.72. The first-order valence-corrected chi connectivity index (χ1v) is 4.67. The van der Waals surface area contributed by atoms with E-state index in [-0.39, 0.29) is 5.82 Å². The minimum Gasteiger partial charge on any atom is -0.382 e. The lowest BCUT2D eigenvalue weighted by Crippen LogP contribution is -2.01. The highest BCUT2D eigenvalue weighted by atomic mass is 19.1. The summed E-state index contributed by atoms with van der Waals surface area (Å²) in [6, 6.07) is 4.93. The van der Waals surface area contributed by atoms with Crippen LogP contribution in [0.5, 0.6) is 0 Å². The summed E-state index contributed by atoms with van der Waals surface area (Å²) < 4.78 is 15.1. The molecule has 0 aliphatic rings. The normalized spacial score (nSPS) is 10.6. The zero-order valence-electron chi connectivity index (χ0n) is 8.66. The van der Waals surface area contributed by atoms with Gasteiger partial charge in [0.1, 0.15) is 17.3 Å². The van der Waals surface area contributed by atoms with Crippen molar-refractivity contribution >= 4 is 5.82 Å². The molecule has 0 bridgehead atoms. The third-order valence-corrected chi connectivity index (χ3v) is 2.35. The van der Waals surface area contributed by atoms with E-state index < -0.39 is 0 Å². The summed E-state index contributed by atoms with van der Waals surface area (Å²) in [5, 5.41) is 4.06. The molecule has 0 aliphatic carbocycles. The maximum absolute atomic E-state index is 13.6. The average molecular weight is 205 g/mol. The largest absolute Gasteiger partial charge is 0.382 e. The molecule has 4 heteroatoms. The molecule has 2 aromatic rings. The fraction of sp³-hybridized carbons (Fsp3) is 0.182. The van der Waals surface area contributed by atoms with E-state index >= 15 is 0 Å². The second-order valence-corrected chi connectivity index (χ2v) is 3.55. The van der Waals surface area contributed by atoms with Crippen molar-refractivity contribution in [3.8, 4) is 5.69 Å². The lowest BCUT2D eigenvalue weighted by atomic mass is 10.2. The molecular weight excluding hydrogens is 193 g/mol. The zero-order valence-corrected chi connectivity index (χ0v) is 8.66. The molecule has 1 heterocycles. The van der Waals surface area contributed by atoms with Gasteiger partial charge in [0.25, 0.3) is 0 Å². The molecule has 2 N–H and O–H groups in total. The van der Waals surface area contributed by atoms with Gasteiger partial charge >= 0.3 is 0 Å². The molecule has 0 amide bonds. The van der Waals surface area contributed by atoms with E-state index in [1.54, 1.807) is 12.3 Å². The van der Waals surface area contributed by atoms with Crippen molar-refractivity contribution in [1.82, 2.24) is 9.78 Å². The van der Waals surface area contributed by atoms with Gasteiger partial charge in [-0.25, -0.2) is 9.07 Å². The number of rotatable bonds is 1. The molecule has 0 aliphatic heterocycles. The Morgan fingerprint density at radius 2 is 2.00 bits per heavy atom. The third kappa shape index (κ3) is 1.58. The van der Waals surface area contributed by atoms with E-state index in [0.29, 0.717) is 11.5 Å². The molecule has 1 aromatic heterocycles. The fourth-order valence-corrected chi connectivity index (χ4v) is 1.50. The Morgan fingerprint density at radius 3 is 2.53 bits per heavy atom. The van der Waals surface area contributed by atoms with E-state index in [2.05, 4.69) is 5.10 Å². The van der Waals surface area contributed by atoms with Crippen molar-refractivity contribution < 1.29 is 4.39 Å². The number of hydrogen-bond donors (Lipinski definition) is 1. The second-order valence-electron chi connectivity index (χ2n) is 3.55. The maximum atomic E-state index is 13.6.